The maximum atomic E-state index is 12.7. The third-order valence-electron chi connectivity index (χ3n) is 1.04. The minimum absolute atomic E-state index is 0.142. The Morgan fingerprint density at radius 1 is 1.30 bits per heavy atom. The number of hydrogen-bond donors (Lipinski definition) is 1. The van der Waals surface area contributed by atoms with Gasteiger partial charge in [0.05, 0.1) is 5.69 Å². The van der Waals surface area contributed by atoms with Crippen molar-refractivity contribution < 1.29 is 4.39 Å². The number of hydrogen-bond acceptors (Lipinski definition) is 1. The molecule has 0 aliphatic heterocycles. The van der Waals surface area contributed by atoms with Gasteiger partial charge < -0.3 is 5.73 Å². The Hall–Kier alpha value is -0.0900. The lowest BCUT2D eigenvalue weighted by Crippen LogP contribution is -1.91. The quantitative estimate of drug-likeness (QED) is 0.720. The minimum Gasteiger partial charge on any atom is -0.395 e. The van der Waals surface area contributed by atoms with Crippen molar-refractivity contribution in [3.63, 3.8) is 0 Å². The Morgan fingerprint density at radius 2 is 1.90 bits per heavy atom. The van der Waals surface area contributed by atoms with E-state index in [0.29, 0.717) is 8.95 Å². The van der Waals surface area contributed by atoms with Crippen LogP contribution in [0.4, 0.5) is 10.1 Å². The second kappa shape index (κ2) is 2.88. The van der Waals surface area contributed by atoms with Crippen molar-refractivity contribution in [1.29, 1.82) is 0 Å². The molecular formula is C6H4Br2FN. The summed E-state index contributed by atoms with van der Waals surface area (Å²) in [4.78, 5) is 0. The van der Waals surface area contributed by atoms with Gasteiger partial charge in [0.15, 0.2) is 0 Å². The molecule has 0 saturated carbocycles. The first kappa shape index (κ1) is 8.01. The van der Waals surface area contributed by atoms with Crippen LogP contribution in [-0.2, 0) is 0 Å². The summed E-state index contributed by atoms with van der Waals surface area (Å²) in [5.74, 6) is -0.416. The Kier molecular flexibility index (Phi) is 2.31. The van der Waals surface area contributed by atoms with Crippen molar-refractivity contribution in [2.45, 2.75) is 0 Å². The average molecular weight is 269 g/mol. The number of halogens is 3. The largest absolute Gasteiger partial charge is 0.395 e. The van der Waals surface area contributed by atoms with E-state index in [-0.39, 0.29) is 5.69 Å². The summed E-state index contributed by atoms with van der Waals surface area (Å²) in [6.45, 7) is 0. The molecule has 0 heterocycles. The van der Waals surface area contributed by atoms with E-state index in [1.54, 1.807) is 6.07 Å². The maximum absolute atomic E-state index is 12.7. The van der Waals surface area contributed by atoms with E-state index in [4.69, 9.17) is 5.73 Å². The number of nitrogens with two attached hydrogens (primary N) is 1. The predicted molar refractivity (Wildman–Crippen MR) is 46.2 cm³/mol. The Morgan fingerprint density at radius 3 is 2.40 bits per heavy atom. The molecule has 0 aliphatic rings. The average Bonchev–Trinajstić information content (AvgIpc) is 1.82. The van der Waals surface area contributed by atoms with Gasteiger partial charge in [-0.2, -0.15) is 0 Å². The zero-order chi connectivity index (χ0) is 7.72. The van der Waals surface area contributed by atoms with E-state index >= 15 is 0 Å². The SMILES string of the molecule is Nc1c(F)cc(Br)cc1Br. The third-order valence-corrected chi connectivity index (χ3v) is 2.16. The molecule has 1 aromatic carbocycles. The molecule has 0 aliphatic carbocycles. The van der Waals surface area contributed by atoms with Crippen LogP contribution < -0.4 is 5.73 Å². The Bertz CT molecular complexity index is 239. The zero-order valence-electron chi connectivity index (χ0n) is 4.87. The minimum atomic E-state index is -0.416. The van der Waals surface area contributed by atoms with Gasteiger partial charge in [-0.3, -0.25) is 0 Å². The van der Waals surface area contributed by atoms with E-state index in [2.05, 4.69) is 31.9 Å². The van der Waals surface area contributed by atoms with Crippen LogP contribution in [0.5, 0.6) is 0 Å². The van der Waals surface area contributed by atoms with Gasteiger partial charge in [0, 0.05) is 8.95 Å². The van der Waals surface area contributed by atoms with Crippen molar-refractivity contribution in [3.05, 3.63) is 26.9 Å². The highest BCUT2D eigenvalue weighted by Gasteiger charge is 2.02. The summed E-state index contributed by atoms with van der Waals surface area (Å²) in [6.07, 6.45) is 0. The summed E-state index contributed by atoms with van der Waals surface area (Å²) in [5, 5.41) is 0. The van der Waals surface area contributed by atoms with Gasteiger partial charge in [-0.1, -0.05) is 15.9 Å². The number of benzene rings is 1. The maximum Gasteiger partial charge on any atom is 0.148 e. The molecule has 0 bridgehead atoms. The highest BCUT2D eigenvalue weighted by Crippen LogP contribution is 2.26. The number of rotatable bonds is 0. The first-order chi connectivity index (χ1) is 4.61. The molecule has 0 spiro atoms. The van der Waals surface area contributed by atoms with Crippen LogP contribution in [0.25, 0.3) is 0 Å². The van der Waals surface area contributed by atoms with Crippen molar-refractivity contribution in [1.82, 2.24) is 0 Å². The van der Waals surface area contributed by atoms with E-state index in [0.717, 1.165) is 0 Å². The van der Waals surface area contributed by atoms with E-state index in [1.807, 2.05) is 0 Å². The van der Waals surface area contributed by atoms with Gasteiger partial charge in [-0.05, 0) is 28.1 Å². The summed E-state index contributed by atoms with van der Waals surface area (Å²) in [7, 11) is 0. The summed E-state index contributed by atoms with van der Waals surface area (Å²) < 4.78 is 13.9. The van der Waals surface area contributed by atoms with Crippen LogP contribution in [0.2, 0.25) is 0 Å². The molecule has 0 atom stereocenters. The van der Waals surface area contributed by atoms with Gasteiger partial charge in [-0.15, -0.1) is 0 Å². The molecule has 0 unspecified atom stereocenters. The van der Waals surface area contributed by atoms with E-state index < -0.39 is 5.82 Å². The first-order valence-corrected chi connectivity index (χ1v) is 4.10. The zero-order valence-corrected chi connectivity index (χ0v) is 8.04. The number of nitrogen functional groups attached to an aromatic ring is 1. The fourth-order valence-electron chi connectivity index (χ4n) is 0.553. The molecular weight excluding hydrogens is 265 g/mol. The molecule has 0 amide bonds. The Labute approximate surface area is 74.7 Å². The molecule has 10 heavy (non-hydrogen) atoms. The predicted octanol–water partition coefficient (Wildman–Crippen LogP) is 2.93. The smallest absolute Gasteiger partial charge is 0.148 e. The molecule has 54 valence electrons. The fraction of sp³-hybridized carbons (Fsp3) is 0. The van der Waals surface area contributed by atoms with Crippen LogP contribution in [0.3, 0.4) is 0 Å². The van der Waals surface area contributed by atoms with Crippen molar-refractivity contribution in [3.8, 4) is 0 Å². The first-order valence-electron chi connectivity index (χ1n) is 2.51. The third kappa shape index (κ3) is 1.49. The van der Waals surface area contributed by atoms with Gasteiger partial charge in [-0.25, -0.2) is 4.39 Å². The standard InChI is InChI=1S/C6H4Br2FN/c7-3-1-4(8)6(10)5(9)2-3/h1-2H,10H2. The molecule has 0 fully saturated rings. The highest BCUT2D eigenvalue weighted by atomic mass is 79.9. The lowest BCUT2D eigenvalue weighted by atomic mass is 10.3. The van der Waals surface area contributed by atoms with Gasteiger partial charge in [0.25, 0.3) is 0 Å². The molecule has 1 nitrogen and oxygen atoms in total. The molecule has 0 aromatic heterocycles. The topological polar surface area (TPSA) is 26.0 Å². The molecule has 0 saturated heterocycles. The molecule has 1 aromatic rings. The summed E-state index contributed by atoms with van der Waals surface area (Å²) in [6, 6.07) is 3.01. The van der Waals surface area contributed by atoms with Crippen LogP contribution in [-0.4, -0.2) is 0 Å². The second-order valence-corrected chi connectivity index (χ2v) is 3.55. The lowest BCUT2D eigenvalue weighted by molar-refractivity contribution is 0.631. The van der Waals surface area contributed by atoms with Crippen molar-refractivity contribution >= 4 is 37.5 Å². The monoisotopic (exact) mass is 267 g/mol. The van der Waals surface area contributed by atoms with Gasteiger partial charge in [0.2, 0.25) is 0 Å². The normalized spacial score (nSPS) is 9.90. The molecule has 1 rings (SSSR count). The van der Waals surface area contributed by atoms with Gasteiger partial charge >= 0.3 is 0 Å². The summed E-state index contributed by atoms with van der Waals surface area (Å²) >= 11 is 6.22. The number of anilines is 1. The van der Waals surface area contributed by atoms with Crippen LogP contribution in [0, 0.1) is 5.82 Å². The highest BCUT2D eigenvalue weighted by molar-refractivity contribution is 9.11. The summed E-state index contributed by atoms with van der Waals surface area (Å²) in [5.41, 5.74) is 5.45. The van der Waals surface area contributed by atoms with E-state index in [1.165, 1.54) is 6.07 Å². The van der Waals surface area contributed by atoms with Crippen LogP contribution in [0.15, 0.2) is 21.1 Å². The van der Waals surface area contributed by atoms with Crippen LogP contribution >= 0.6 is 31.9 Å². The molecule has 0 radical (unpaired) electrons. The molecule has 2 N–H and O–H groups in total. The Balaban J connectivity index is 3.31. The van der Waals surface area contributed by atoms with Crippen molar-refractivity contribution in [2.24, 2.45) is 0 Å². The molecule has 4 heteroatoms. The van der Waals surface area contributed by atoms with Gasteiger partial charge in [0.1, 0.15) is 5.82 Å². The van der Waals surface area contributed by atoms with E-state index in [9.17, 15) is 4.39 Å². The second-order valence-electron chi connectivity index (χ2n) is 1.78. The van der Waals surface area contributed by atoms with Crippen molar-refractivity contribution in [2.75, 3.05) is 5.73 Å². The lowest BCUT2D eigenvalue weighted by Gasteiger charge is -1.99. The van der Waals surface area contributed by atoms with Crippen LogP contribution in [0.1, 0.15) is 0 Å². The fourth-order valence-corrected chi connectivity index (χ4v) is 1.73.